The molecule has 6 nitrogen and oxygen atoms in total. The molecular weight excluding hydrogens is 414 g/mol. The zero-order chi connectivity index (χ0) is 22.9. The average molecular weight is 440 g/mol. The molecule has 0 atom stereocenters. The molecule has 2 heterocycles. The van der Waals surface area contributed by atoms with Crippen LogP contribution in [0.5, 0.6) is 0 Å². The first-order valence-corrected chi connectivity index (χ1v) is 11.1. The van der Waals surface area contributed by atoms with E-state index in [4.69, 9.17) is 0 Å². The van der Waals surface area contributed by atoms with E-state index in [-0.39, 0.29) is 23.8 Å². The van der Waals surface area contributed by atoms with Crippen molar-refractivity contribution in [3.05, 3.63) is 107 Å². The summed E-state index contributed by atoms with van der Waals surface area (Å²) in [5.74, 6) is -0.790. The van der Waals surface area contributed by atoms with Gasteiger partial charge in [-0.05, 0) is 29.3 Å². The number of nitrogens with zero attached hydrogens (tertiary/aromatic N) is 3. The number of amides is 3. The molecule has 2 aliphatic heterocycles. The van der Waals surface area contributed by atoms with Crippen LogP contribution in [0, 0.1) is 0 Å². The molecule has 0 N–H and O–H groups in total. The van der Waals surface area contributed by atoms with Crippen LogP contribution in [0.4, 0.5) is 0 Å². The Morgan fingerprint density at radius 1 is 0.727 bits per heavy atom. The molecule has 3 aromatic carbocycles. The maximum atomic E-state index is 13.2. The van der Waals surface area contributed by atoms with E-state index < -0.39 is 0 Å². The van der Waals surface area contributed by atoms with Gasteiger partial charge in [0.25, 0.3) is 17.7 Å². The van der Waals surface area contributed by atoms with Crippen LogP contribution in [0.3, 0.4) is 0 Å². The third-order valence-electron chi connectivity index (χ3n) is 6.53. The van der Waals surface area contributed by atoms with Crippen molar-refractivity contribution < 1.29 is 14.4 Å². The Kier molecular flexibility index (Phi) is 5.52. The van der Waals surface area contributed by atoms with E-state index >= 15 is 0 Å². The van der Waals surface area contributed by atoms with Gasteiger partial charge in [0, 0.05) is 38.8 Å². The van der Waals surface area contributed by atoms with Crippen molar-refractivity contribution in [2.24, 2.45) is 0 Å². The molecular formula is C27H25N3O3. The highest BCUT2D eigenvalue weighted by atomic mass is 16.2. The van der Waals surface area contributed by atoms with Gasteiger partial charge in [-0.3, -0.25) is 24.2 Å². The van der Waals surface area contributed by atoms with Crippen molar-refractivity contribution in [1.29, 1.82) is 0 Å². The average Bonchev–Trinajstić information content (AvgIpc) is 3.09. The zero-order valence-corrected chi connectivity index (χ0v) is 18.5. The van der Waals surface area contributed by atoms with E-state index in [1.807, 2.05) is 17.0 Å². The van der Waals surface area contributed by atoms with Crippen LogP contribution in [0.25, 0.3) is 0 Å². The highest BCUT2D eigenvalue weighted by Crippen LogP contribution is 2.30. The third kappa shape index (κ3) is 3.83. The van der Waals surface area contributed by atoms with Gasteiger partial charge in [0.1, 0.15) is 0 Å². The lowest BCUT2D eigenvalue weighted by Crippen LogP contribution is -2.49. The molecule has 166 valence electrons. The number of imide groups is 1. The number of hydrogen-bond acceptors (Lipinski definition) is 4. The molecule has 6 heteroatoms. The van der Waals surface area contributed by atoms with E-state index in [0.717, 1.165) is 18.0 Å². The van der Waals surface area contributed by atoms with Crippen molar-refractivity contribution in [1.82, 2.24) is 14.7 Å². The van der Waals surface area contributed by atoms with Crippen LogP contribution >= 0.6 is 0 Å². The fourth-order valence-electron chi connectivity index (χ4n) is 4.74. The standard InChI is InChI=1S/C27H25N3O3/c1-28-26(32)22-13-12-21(18-23(22)27(28)33)25(31)30-16-14-29(15-17-30)24(19-8-4-2-5-9-19)20-10-6-3-7-11-20/h2-13,18,24H,14-17H2,1H3. The van der Waals surface area contributed by atoms with Gasteiger partial charge in [0.15, 0.2) is 0 Å². The lowest BCUT2D eigenvalue weighted by molar-refractivity contribution is 0.0597. The molecule has 33 heavy (non-hydrogen) atoms. The summed E-state index contributed by atoms with van der Waals surface area (Å²) < 4.78 is 0. The van der Waals surface area contributed by atoms with Gasteiger partial charge < -0.3 is 4.90 Å². The summed E-state index contributed by atoms with van der Waals surface area (Å²) in [7, 11) is 1.46. The smallest absolute Gasteiger partial charge is 0.261 e. The first kappa shape index (κ1) is 21.1. The van der Waals surface area contributed by atoms with Crippen LogP contribution in [-0.4, -0.2) is 65.6 Å². The van der Waals surface area contributed by atoms with Crippen molar-refractivity contribution in [2.75, 3.05) is 33.2 Å². The van der Waals surface area contributed by atoms with E-state index in [9.17, 15) is 14.4 Å². The van der Waals surface area contributed by atoms with E-state index in [0.29, 0.717) is 29.8 Å². The van der Waals surface area contributed by atoms with Gasteiger partial charge >= 0.3 is 0 Å². The molecule has 0 unspecified atom stereocenters. The first-order chi connectivity index (χ1) is 16.0. The van der Waals surface area contributed by atoms with Gasteiger partial charge in [0.05, 0.1) is 17.2 Å². The van der Waals surface area contributed by atoms with Crippen molar-refractivity contribution in [3.63, 3.8) is 0 Å². The Hall–Kier alpha value is -3.77. The Labute approximate surface area is 193 Å². The quantitative estimate of drug-likeness (QED) is 0.584. The van der Waals surface area contributed by atoms with Gasteiger partial charge in [-0.15, -0.1) is 0 Å². The second kappa shape index (κ2) is 8.64. The van der Waals surface area contributed by atoms with Crippen molar-refractivity contribution >= 4 is 17.7 Å². The monoisotopic (exact) mass is 439 g/mol. The van der Waals surface area contributed by atoms with Crippen LogP contribution in [0.15, 0.2) is 78.9 Å². The Morgan fingerprint density at radius 3 is 1.85 bits per heavy atom. The molecule has 1 fully saturated rings. The summed E-state index contributed by atoms with van der Waals surface area (Å²) in [6.07, 6.45) is 0. The molecule has 0 radical (unpaired) electrons. The predicted molar refractivity (Wildman–Crippen MR) is 125 cm³/mol. The van der Waals surface area contributed by atoms with Crippen LogP contribution < -0.4 is 0 Å². The van der Waals surface area contributed by atoms with Crippen LogP contribution in [0.1, 0.15) is 48.2 Å². The summed E-state index contributed by atoms with van der Waals surface area (Å²) in [5, 5.41) is 0. The van der Waals surface area contributed by atoms with Crippen LogP contribution in [0.2, 0.25) is 0 Å². The largest absolute Gasteiger partial charge is 0.336 e. The van der Waals surface area contributed by atoms with Gasteiger partial charge in [-0.1, -0.05) is 60.7 Å². The van der Waals surface area contributed by atoms with Gasteiger partial charge in [-0.2, -0.15) is 0 Å². The van der Waals surface area contributed by atoms with Crippen LogP contribution in [-0.2, 0) is 0 Å². The Morgan fingerprint density at radius 2 is 1.27 bits per heavy atom. The summed E-state index contributed by atoms with van der Waals surface area (Å²) >= 11 is 0. The minimum atomic E-state index is -0.358. The topological polar surface area (TPSA) is 60.9 Å². The maximum absolute atomic E-state index is 13.2. The van der Waals surface area contributed by atoms with Crippen molar-refractivity contribution in [2.45, 2.75) is 6.04 Å². The lowest BCUT2D eigenvalue weighted by atomic mass is 9.96. The van der Waals surface area contributed by atoms with Gasteiger partial charge in [-0.25, -0.2) is 0 Å². The molecule has 1 saturated heterocycles. The summed E-state index contributed by atoms with van der Waals surface area (Å²) in [6.45, 7) is 2.67. The molecule has 3 aromatic rings. The van der Waals surface area contributed by atoms with Gasteiger partial charge in [0.2, 0.25) is 0 Å². The molecule has 0 saturated carbocycles. The zero-order valence-electron chi connectivity index (χ0n) is 18.5. The summed E-state index contributed by atoms with van der Waals surface area (Å²) in [6, 6.07) is 25.8. The first-order valence-electron chi connectivity index (χ1n) is 11.1. The fraction of sp³-hybridized carbons (Fsp3) is 0.222. The summed E-state index contributed by atoms with van der Waals surface area (Å²) in [4.78, 5) is 43.0. The minimum Gasteiger partial charge on any atom is -0.336 e. The molecule has 5 rings (SSSR count). The molecule has 0 spiro atoms. The number of hydrogen-bond donors (Lipinski definition) is 0. The minimum absolute atomic E-state index is 0.108. The van der Waals surface area contributed by atoms with E-state index in [1.165, 1.54) is 18.2 Å². The number of fused-ring (bicyclic) bond motifs is 1. The molecule has 3 amide bonds. The number of carbonyl (C=O) groups is 3. The van der Waals surface area contributed by atoms with Crippen molar-refractivity contribution in [3.8, 4) is 0 Å². The van der Waals surface area contributed by atoms with E-state index in [1.54, 1.807) is 18.2 Å². The third-order valence-corrected chi connectivity index (χ3v) is 6.53. The van der Waals surface area contributed by atoms with E-state index in [2.05, 4.69) is 53.4 Å². The molecule has 0 aliphatic carbocycles. The number of carbonyl (C=O) groups excluding carboxylic acids is 3. The normalized spacial score (nSPS) is 16.4. The fourth-order valence-corrected chi connectivity index (χ4v) is 4.74. The highest BCUT2D eigenvalue weighted by Gasteiger charge is 2.34. The maximum Gasteiger partial charge on any atom is 0.261 e. The highest BCUT2D eigenvalue weighted by molar-refractivity contribution is 6.21. The predicted octanol–water partition coefficient (Wildman–Crippen LogP) is 3.46. The number of piperazine rings is 1. The summed E-state index contributed by atoms with van der Waals surface area (Å²) in [5.41, 5.74) is 3.57. The molecule has 2 aliphatic rings. The number of rotatable bonds is 4. The SMILES string of the molecule is CN1C(=O)c2ccc(C(=O)N3CCN(C(c4ccccc4)c4ccccc4)CC3)cc2C1=O. The second-order valence-corrected chi connectivity index (χ2v) is 8.48. The lowest BCUT2D eigenvalue weighted by Gasteiger charge is -2.39. The number of benzene rings is 3. The molecule has 0 bridgehead atoms. The molecule has 0 aromatic heterocycles. The second-order valence-electron chi connectivity index (χ2n) is 8.48. The Bertz CT molecular complexity index is 1160. The Balaban J connectivity index is 1.33.